The van der Waals surface area contributed by atoms with E-state index >= 15 is 0 Å². The van der Waals surface area contributed by atoms with Gasteiger partial charge < -0.3 is 10.1 Å². The average Bonchev–Trinajstić information content (AvgIpc) is 3.14. The van der Waals surface area contributed by atoms with Crippen LogP contribution in [0.4, 0.5) is 4.39 Å². The maximum absolute atomic E-state index is 13.3. The first kappa shape index (κ1) is 22.3. The lowest BCUT2D eigenvalue weighted by atomic mass is 9.89. The van der Waals surface area contributed by atoms with Gasteiger partial charge in [0.1, 0.15) is 5.82 Å². The number of morpholine rings is 1. The number of hydrogen-bond donors (Lipinski definition) is 1. The molecule has 0 radical (unpaired) electrons. The molecule has 0 saturated carbocycles. The van der Waals surface area contributed by atoms with Crippen molar-refractivity contribution < 1.29 is 13.9 Å². The largest absolute Gasteiger partial charge is 0.378 e. The van der Waals surface area contributed by atoms with Crippen LogP contribution in [0.25, 0.3) is 10.9 Å². The van der Waals surface area contributed by atoms with Gasteiger partial charge in [-0.25, -0.2) is 4.39 Å². The van der Waals surface area contributed by atoms with E-state index in [2.05, 4.69) is 15.3 Å². The summed E-state index contributed by atoms with van der Waals surface area (Å²) in [5.41, 5.74) is 2.44. The molecule has 2 aliphatic heterocycles. The highest BCUT2D eigenvalue weighted by Gasteiger charge is 2.39. The number of rotatable bonds is 6. The van der Waals surface area contributed by atoms with Crippen molar-refractivity contribution in [1.29, 1.82) is 0 Å². The molecule has 8 heteroatoms. The third-order valence-corrected chi connectivity index (χ3v) is 6.72. The standard InChI is InChI=1S/C25H28ClFN4O2/c1-16(26)12-31-23-5-3-2-4-22(23)24(29-31)25(32)28-19-10-20-14-33-15-21(11-19)30(20)13-17-6-8-18(27)9-7-17/h2-9,16,19-21H,10-15H2,1H3,(H,28,32)/t16?,19?,20-,21+. The first-order valence-corrected chi connectivity index (χ1v) is 11.9. The number of alkyl halides is 1. The monoisotopic (exact) mass is 470 g/mol. The number of para-hydroxylation sites is 1. The zero-order valence-electron chi connectivity index (χ0n) is 18.6. The Bertz CT molecular complexity index is 1120. The predicted molar refractivity (Wildman–Crippen MR) is 126 cm³/mol. The topological polar surface area (TPSA) is 59.4 Å². The molecule has 3 aromatic rings. The quantitative estimate of drug-likeness (QED) is 0.554. The molecule has 174 valence electrons. The Hall–Kier alpha value is -2.48. The molecule has 2 aromatic carbocycles. The summed E-state index contributed by atoms with van der Waals surface area (Å²) in [7, 11) is 0. The normalized spacial score (nSPS) is 24.0. The number of ether oxygens (including phenoxy) is 1. The summed E-state index contributed by atoms with van der Waals surface area (Å²) in [6.45, 7) is 4.48. The maximum atomic E-state index is 13.3. The van der Waals surface area contributed by atoms with Crippen molar-refractivity contribution in [3.8, 4) is 0 Å². The van der Waals surface area contributed by atoms with E-state index in [0.717, 1.165) is 35.9 Å². The maximum Gasteiger partial charge on any atom is 0.272 e. The van der Waals surface area contributed by atoms with E-state index in [9.17, 15) is 9.18 Å². The van der Waals surface area contributed by atoms with E-state index in [-0.39, 0.29) is 35.2 Å². The van der Waals surface area contributed by atoms with Crippen molar-refractivity contribution in [1.82, 2.24) is 20.0 Å². The Labute approximate surface area is 197 Å². The van der Waals surface area contributed by atoms with Crippen LogP contribution in [-0.2, 0) is 17.8 Å². The van der Waals surface area contributed by atoms with Crippen molar-refractivity contribution in [2.45, 2.75) is 56.4 Å². The fourth-order valence-electron chi connectivity index (χ4n) is 5.09. The Kier molecular flexibility index (Phi) is 6.36. The molecule has 0 spiro atoms. The second kappa shape index (κ2) is 9.41. The van der Waals surface area contributed by atoms with Crippen LogP contribution in [0.1, 0.15) is 35.8 Å². The minimum atomic E-state index is -0.223. The molecule has 2 aliphatic rings. The van der Waals surface area contributed by atoms with Gasteiger partial charge in [0.15, 0.2) is 5.69 Å². The molecule has 2 bridgehead atoms. The van der Waals surface area contributed by atoms with Gasteiger partial charge >= 0.3 is 0 Å². The first-order valence-electron chi connectivity index (χ1n) is 11.5. The third-order valence-electron chi connectivity index (χ3n) is 6.58. The zero-order valence-corrected chi connectivity index (χ0v) is 19.3. The van der Waals surface area contributed by atoms with Crippen LogP contribution in [0.2, 0.25) is 0 Å². The Balaban J connectivity index is 1.30. The summed E-state index contributed by atoms with van der Waals surface area (Å²) in [5.74, 6) is -0.373. The van der Waals surface area contributed by atoms with Gasteiger partial charge in [0.25, 0.3) is 5.91 Å². The van der Waals surface area contributed by atoms with Crippen LogP contribution in [-0.4, -0.2) is 57.3 Å². The fraction of sp³-hybridized carbons (Fsp3) is 0.440. The lowest BCUT2D eigenvalue weighted by molar-refractivity contribution is -0.0843. The van der Waals surface area contributed by atoms with Gasteiger partial charge in [0, 0.05) is 30.1 Å². The van der Waals surface area contributed by atoms with Crippen LogP contribution in [0.3, 0.4) is 0 Å². The number of amides is 1. The highest BCUT2D eigenvalue weighted by Crippen LogP contribution is 2.30. The van der Waals surface area contributed by atoms with Gasteiger partial charge in [-0.15, -0.1) is 11.6 Å². The minimum Gasteiger partial charge on any atom is -0.378 e. The number of carbonyl (C=O) groups is 1. The van der Waals surface area contributed by atoms with E-state index in [0.29, 0.717) is 25.5 Å². The van der Waals surface area contributed by atoms with Gasteiger partial charge in [-0.05, 0) is 43.5 Å². The van der Waals surface area contributed by atoms with Crippen molar-refractivity contribution >= 4 is 28.4 Å². The van der Waals surface area contributed by atoms with Crippen LogP contribution in [0.15, 0.2) is 48.5 Å². The molecule has 2 fully saturated rings. The molecular formula is C25H28ClFN4O2. The number of halogens is 2. The fourth-order valence-corrected chi connectivity index (χ4v) is 5.22. The SMILES string of the molecule is CC(Cl)Cn1nc(C(=O)NC2C[C@H]3COC[C@@H](C2)N3Cc2ccc(F)cc2)c2ccccc21. The molecule has 1 N–H and O–H groups in total. The summed E-state index contributed by atoms with van der Waals surface area (Å²) >= 11 is 6.19. The van der Waals surface area contributed by atoms with Crippen LogP contribution in [0, 0.1) is 5.82 Å². The number of carbonyl (C=O) groups excluding carboxylic acids is 1. The smallest absolute Gasteiger partial charge is 0.272 e. The number of piperidine rings is 1. The predicted octanol–water partition coefficient (Wildman–Crippen LogP) is 3.96. The molecule has 2 unspecified atom stereocenters. The number of hydrogen-bond acceptors (Lipinski definition) is 4. The molecule has 33 heavy (non-hydrogen) atoms. The second-order valence-corrected chi connectivity index (χ2v) is 9.86. The Morgan fingerprint density at radius 3 is 2.58 bits per heavy atom. The summed E-state index contributed by atoms with van der Waals surface area (Å²) in [6, 6.07) is 14.9. The van der Waals surface area contributed by atoms with E-state index in [1.807, 2.05) is 48.0 Å². The van der Waals surface area contributed by atoms with Gasteiger partial charge in [-0.1, -0.05) is 30.3 Å². The zero-order chi connectivity index (χ0) is 22.9. The van der Waals surface area contributed by atoms with E-state index in [1.165, 1.54) is 12.1 Å². The van der Waals surface area contributed by atoms with Crippen LogP contribution >= 0.6 is 11.6 Å². The molecule has 3 heterocycles. The molecule has 6 nitrogen and oxygen atoms in total. The summed E-state index contributed by atoms with van der Waals surface area (Å²) in [5, 5.41) is 8.58. The lowest BCUT2D eigenvalue weighted by Gasteiger charge is -2.48. The summed E-state index contributed by atoms with van der Waals surface area (Å²) < 4.78 is 20.9. The highest BCUT2D eigenvalue weighted by atomic mass is 35.5. The molecule has 0 aliphatic carbocycles. The van der Waals surface area contributed by atoms with Crippen molar-refractivity contribution in [2.75, 3.05) is 13.2 Å². The molecule has 2 saturated heterocycles. The van der Waals surface area contributed by atoms with Crippen LogP contribution in [0.5, 0.6) is 0 Å². The van der Waals surface area contributed by atoms with E-state index in [1.54, 1.807) is 0 Å². The molecular weight excluding hydrogens is 443 g/mol. The highest BCUT2D eigenvalue weighted by molar-refractivity contribution is 6.20. The average molecular weight is 471 g/mol. The summed E-state index contributed by atoms with van der Waals surface area (Å²) in [4.78, 5) is 15.7. The first-order chi connectivity index (χ1) is 16.0. The molecule has 1 aromatic heterocycles. The molecule has 5 rings (SSSR count). The molecule has 4 atom stereocenters. The van der Waals surface area contributed by atoms with Crippen molar-refractivity contribution in [3.05, 3.63) is 65.6 Å². The number of benzene rings is 2. The van der Waals surface area contributed by atoms with Crippen LogP contribution < -0.4 is 5.32 Å². The van der Waals surface area contributed by atoms with Gasteiger partial charge in [-0.3, -0.25) is 14.4 Å². The Morgan fingerprint density at radius 2 is 1.88 bits per heavy atom. The lowest BCUT2D eigenvalue weighted by Crippen LogP contribution is -2.60. The second-order valence-electron chi connectivity index (χ2n) is 9.11. The number of fused-ring (bicyclic) bond motifs is 3. The molecule has 1 amide bonds. The van der Waals surface area contributed by atoms with E-state index in [4.69, 9.17) is 16.3 Å². The number of nitrogens with zero attached hydrogens (tertiary/aromatic N) is 3. The summed E-state index contributed by atoms with van der Waals surface area (Å²) in [6.07, 6.45) is 1.61. The number of aromatic nitrogens is 2. The Morgan fingerprint density at radius 1 is 1.18 bits per heavy atom. The number of nitrogens with one attached hydrogen (secondary N) is 1. The van der Waals surface area contributed by atoms with Crippen molar-refractivity contribution in [2.24, 2.45) is 0 Å². The minimum absolute atomic E-state index is 0.0525. The van der Waals surface area contributed by atoms with E-state index < -0.39 is 0 Å². The third kappa shape index (κ3) is 4.76. The van der Waals surface area contributed by atoms with Gasteiger partial charge in [-0.2, -0.15) is 5.10 Å². The van der Waals surface area contributed by atoms with Crippen molar-refractivity contribution in [3.63, 3.8) is 0 Å². The van der Waals surface area contributed by atoms with Gasteiger partial charge in [0.2, 0.25) is 0 Å². The van der Waals surface area contributed by atoms with Gasteiger partial charge in [0.05, 0.1) is 30.7 Å².